The van der Waals surface area contributed by atoms with E-state index < -0.39 is 23.8 Å². The largest absolute Gasteiger partial charge is 0.345 e. The van der Waals surface area contributed by atoms with E-state index in [2.05, 4.69) is 10.6 Å². The molecular formula is C25H22ClFN4O4S. The van der Waals surface area contributed by atoms with E-state index in [4.69, 9.17) is 11.6 Å². The molecule has 36 heavy (non-hydrogen) atoms. The van der Waals surface area contributed by atoms with E-state index in [0.29, 0.717) is 9.21 Å². The van der Waals surface area contributed by atoms with Crippen molar-refractivity contribution in [3.05, 3.63) is 85.7 Å². The summed E-state index contributed by atoms with van der Waals surface area (Å²) in [7, 11) is 0. The zero-order chi connectivity index (χ0) is 25.4. The second kappa shape index (κ2) is 9.87. The molecule has 2 aromatic heterocycles. The van der Waals surface area contributed by atoms with Crippen molar-refractivity contribution in [2.24, 2.45) is 5.92 Å². The number of nitrogens with one attached hydrogen (secondary N) is 2. The molecule has 186 valence electrons. The molecule has 8 nitrogen and oxygen atoms in total. The molecular weight excluding hydrogens is 507 g/mol. The van der Waals surface area contributed by atoms with Gasteiger partial charge in [0.15, 0.2) is 0 Å². The summed E-state index contributed by atoms with van der Waals surface area (Å²) in [4.78, 5) is 52.5. The standard InChI is InChI=1S/C25H22ClFN4O4S/c26-21-9-8-20(36-21)24(34)29-19-13-30(25(35)14-4-5-14)12-18(19)28-23(33)16-7-6-15(11-17(16)27)31-10-2-1-3-22(31)32/h1-3,6-11,14,18-19H,4-5,12-13H2,(H,28,33)(H,29,34)/t18-,19+/m0/s1. The van der Waals surface area contributed by atoms with Gasteiger partial charge in [-0.1, -0.05) is 17.7 Å². The first kappa shape index (κ1) is 24.2. The Labute approximate surface area is 214 Å². The van der Waals surface area contributed by atoms with E-state index in [1.807, 2.05) is 0 Å². The fourth-order valence-electron chi connectivity index (χ4n) is 4.27. The van der Waals surface area contributed by atoms with Crippen LogP contribution < -0.4 is 16.2 Å². The lowest BCUT2D eigenvalue weighted by Crippen LogP contribution is -2.51. The molecule has 0 unspecified atom stereocenters. The number of hydrogen-bond donors (Lipinski definition) is 2. The number of likely N-dealkylation sites (tertiary alicyclic amines) is 1. The predicted octanol–water partition coefficient (Wildman–Crippen LogP) is 2.84. The Balaban J connectivity index is 1.33. The van der Waals surface area contributed by atoms with Crippen LogP contribution in [0.5, 0.6) is 0 Å². The Morgan fingerprint density at radius 2 is 1.69 bits per heavy atom. The first-order chi connectivity index (χ1) is 17.3. The lowest BCUT2D eigenvalue weighted by Gasteiger charge is -2.21. The number of amides is 3. The number of nitrogens with zero attached hydrogens (tertiary/aromatic N) is 2. The van der Waals surface area contributed by atoms with E-state index in [-0.39, 0.29) is 47.6 Å². The second-order valence-corrected chi connectivity index (χ2v) is 10.6. The number of benzene rings is 1. The van der Waals surface area contributed by atoms with Crippen molar-refractivity contribution in [2.75, 3.05) is 13.1 Å². The average molecular weight is 529 g/mol. The van der Waals surface area contributed by atoms with Gasteiger partial charge >= 0.3 is 0 Å². The van der Waals surface area contributed by atoms with Gasteiger partial charge in [-0.25, -0.2) is 4.39 Å². The van der Waals surface area contributed by atoms with E-state index >= 15 is 0 Å². The van der Waals surface area contributed by atoms with Crippen molar-refractivity contribution in [1.82, 2.24) is 20.1 Å². The summed E-state index contributed by atoms with van der Waals surface area (Å²) in [6, 6.07) is 10.5. The predicted molar refractivity (Wildman–Crippen MR) is 133 cm³/mol. The molecule has 2 aliphatic rings. The van der Waals surface area contributed by atoms with E-state index in [9.17, 15) is 23.6 Å². The highest BCUT2D eigenvalue weighted by Gasteiger charge is 2.42. The molecule has 2 fully saturated rings. The van der Waals surface area contributed by atoms with Crippen LogP contribution >= 0.6 is 22.9 Å². The smallest absolute Gasteiger partial charge is 0.261 e. The fraction of sp³-hybridized carbons (Fsp3) is 0.280. The van der Waals surface area contributed by atoms with Gasteiger partial charge < -0.3 is 15.5 Å². The lowest BCUT2D eigenvalue weighted by atomic mass is 10.1. The highest BCUT2D eigenvalue weighted by Crippen LogP contribution is 2.32. The molecule has 1 saturated heterocycles. The number of thiophene rings is 1. The van der Waals surface area contributed by atoms with E-state index in [1.54, 1.807) is 29.2 Å². The third kappa shape index (κ3) is 5.05. The molecule has 1 aromatic carbocycles. The average Bonchev–Trinajstić information content (AvgIpc) is 3.50. The van der Waals surface area contributed by atoms with Gasteiger partial charge in [-0.15, -0.1) is 11.3 Å². The van der Waals surface area contributed by atoms with E-state index in [0.717, 1.165) is 30.2 Å². The third-order valence-corrected chi connectivity index (χ3v) is 7.52. The molecule has 5 rings (SSSR count). The molecule has 3 heterocycles. The number of halogens is 2. The minimum absolute atomic E-state index is 0.00555. The van der Waals surface area contributed by atoms with Gasteiger partial charge in [-0.2, -0.15) is 0 Å². The van der Waals surface area contributed by atoms with Crippen molar-refractivity contribution in [1.29, 1.82) is 0 Å². The molecule has 2 atom stereocenters. The Morgan fingerprint density at radius 1 is 0.972 bits per heavy atom. The molecule has 11 heteroatoms. The summed E-state index contributed by atoms with van der Waals surface area (Å²) in [5.74, 6) is -1.85. The van der Waals surface area contributed by atoms with Gasteiger partial charge in [0.25, 0.3) is 17.4 Å². The number of carbonyl (C=O) groups excluding carboxylic acids is 3. The zero-order valence-corrected chi connectivity index (χ0v) is 20.5. The number of hydrogen-bond acceptors (Lipinski definition) is 5. The van der Waals surface area contributed by atoms with Crippen molar-refractivity contribution in [3.63, 3.8) is 0 Å². The monoisotopic (exact) mass is 528 g/mol. The van der Waals surface area contributed by atoms with Crippen LogP contribution in [0.1, 0.15) is 32.9 Å². The fourth-order valence-corrected chi connectivity index (χ4v) is 5.21. The third-order valence-electron chi connectivity index (χ3n) is 6.29. The van der Waals surface area contributed by atoms with Gasteiger partial charge in [-0.3, -0.25) is 23.7 Å². The maximum absolute atomic E-state index is 14.9. The minimum Gasteiger partial charge on any atom is -0.345 e. The van der Waals surface area contributed by atoms with Crippen LogP contribution in [0.4, 0.5) is 4.39 Å². The van der Waals surface area contributed by atoms with Gasteiger partial charge in [-0.05, 0) is 49.2 Å². The Morgan fingerprint density at radius 3 is 2.31 bits per heavy atom. The second-order valence-electron chi connectivity index (χ2n) is 8.85. The molecule has 0 spiro atoms. The van der Waals surface area contributed by atoms with Crippen LogP contribution in [0.15, 0.2) is 59.5 Å². The van der Waals surface area contributed by atoms with Crippen LogP contribution in [0, 0.1) is 11.7 Å². The summed E-state index contributed by atoms with van der Waals surface area (Å²) < 4.78 is 16.7. The van der Waals surface area contributed by atoms with Crippen LogP contribution in [0.25, 0.3) is 5.69 Å². The Hall–Kier alpha value is -3.50. The lowest BCUT2D eigenvalue weighted by molar-refractivity contribution is -0.131. The minimum atomic E-state index is -0.793. The van der Waals surface area contributed by atoms with Gasteiger partial charge in [0, 0.05) is 31.3 Å². The van der Waals surface area contributed by atoms with Gasteiger partial charge in [0.05, 0.1) is 32.5 Å². The summed E-state index contributed by atoms with van der Waals surface area (Å²) >= 11 is 7.07. The Kier molecular flexibility index (Phi) is 6.63. The van der Waals surface area contributed by atoms with Crippen molar-refractivity contribution >= 4 is 40.7 Å². The molecule has 3 amide bonds. The summed E-state index contributed by atoms with van der Waals surface area (Å²) in [5, 5.41) is 5.67. The van der Waals surface area contributed by atoms with E-state index in [1.165, 1.54) is 29.0 Å². The quantitative estimate of drug-likeness (QED) is 0.514. The van der Waals surface area contributed by atoms with Crippen LogP contribution in [-0.4, -0.2) is 52.4 Å². The summed E-state index contributed by atoms with van der Waals surface area (Å²) in [6.07, 6.45) is 3.17. The normalized spacial score (nSPS) is 19.2. The summed E-state index contributed by atoms with van der Waals surface area (Å²) in [5.41, 5.74) is -0.243. The maximum Gasteiger partial charge on any atom is 0.261 e. The number of pyridine rings is 1. The van der Waals surface area contributed by atoms with Crippen molar-refractivity contribution in [3.8, 4) is 5.69 Å². The molecule has 1 saturated carbocycles. The molecule has 2 N–H and O–H groups in total. The van der Waals surface area contributed by atoms with Crippen LogP contribution in [0.2, 0.25) is 4.34 Å². The Bertz CT molecular complexity index is 1400. The first-order valence-corrected chi connectivity index (χ1v) is 12.6. The maximum atomic E-state index is 14.9. The number of rotatable bonds is 6. The highest BCUT2D eigenvalue weighted by molar-refractivity contribution is 7.18. The highest BCUT2D eigenvalue weighted by atomic mass is 35.5. The molecule has 0 radical (unpaired) electrons. The summed E-state index contributed by atoms with van der Waals surface area (Å²) in [6.45, 7) is 0.444. The molecule has 0 bridgehead atoms. The molecule has 1 aliphatic heterocycles. The zero-order valence-electron chi connectivity index (χ0n) is 18.9. The van der Waals surface area contributed by atoms with Gasteiger partial charge in [0.2, 0.25) is 5.91 Å². The molecule has 3 aromatic rings. The molecule has 1 aliphatic carbocycles. The number of aromatic nitrogens is 1. The van der Waals surface area contributed by atoms with Crippen molar-refractivity contribution < 1.29 is 18.8 Å². The van der Waals surface area contributed by atoms with Gasteiger partial charge in [0.1, 0.15) is 5.82 Å². The van der Waals surface area contributed by atoms with Crippen LogP contribution in [-0.2, 0) is 4.79 Å². The van der Waals surface area contributed by atoms with Crippen molar-refractivity contribution in [2.45, 2.75) is 24.9 Å². The first-order valence-electron chi connectivity index (χ1n) is 11.4. The topological polar surface area (TPSA) is 101 Å². The van der Waals surface area contributed by atoms with Crippen LogP contribution in [0.3, 0.4) is 0 Å². The number of carbonyl (C=O) groups is 3. The SMILES string of the molecule is O=C(N[C@@H]1CN(C(=O)C2CC2)C[C@@H]1NC(=O)c1ccc(-n2ccccc2=O)cc1F)c1ccc(Cl)s1.